The Bertz CT molecular complexity index is 2250. The average Bonchev–Trinajstić information content (AvgIpc) is 3.57. The molecule has 4 atom stereocenters. The maximum atomic E-state index is 13.6. The van der Waals surface area contributed by atoms with Crippen molar-refractivity contribution in [2.45, 2.75) is 36.7 Å². The highest BCUT2D eigenvalue weighted by Crippen LogP contribution is 2.65. The smallest absolute Gasteiger partial charge is 0.330 e. The van der Waals surface area contributed by atoms with Crippen LogP contribution in [0, 0.1) is 18.8 Å². The van der Waals surface area contributed by atoms with Gasteiger partial charge < -0.3 is 14.2 Å². The molecule has 2 bridgehead atoms. The predicted molar refractivity (Wildman–Crippen MR) is 195 cm³/mol. The number of aryl methyl sites for hydroxylation is 1. The van der Waals surface area contributed by atoms with Crippen LogP contribution in [0.15, 0.2) is 149 Å². The number of rotatable bonds is 8. The van der Waals surface area contributed by atoms with Gasteiger partial charge in [-0.15, -0.1) is 0 Å². The Morgan fingerprint density at radius 1 is 0.667 bits per heavy atom. The summed E-state index contributed by atoms with van der Waals surface area (Å²) in [7, 11) is 1.67. The maximum Gasteiger partial charge on any atom is 0.330 e. The second-order valence-electron chi connectivity index (χ2n) is 13.9. The molecular weight excluding hydrogens is 636 g/mol. The lowest BCUT2D eigenvalue weighted by Crippen LogP contribution is -2.45. The van der Waals surface area contributed by atoms with Crippen molar-refractivity contribution in [1.29, 1.82) is 0 Å². The molecule has 0 unspecified atom stereocenters. The molecule has 5 aromatic carbocycles. The quantitative estimate of drug-likeness (QED) is 0.172. The highest BCUT2D eigenvalue weighted by molar-refractivity contribution is 5.57. The molecule has 1 aliphatic heterocycles. The minimum atomic E-state index is -0.985. The third kappa shape index (κ3) is 4.87. The highest BCUT2D eigenvalue weighted by Gasteiger charge is 2.60. The number of H-pyrrole nitrogens is 1. The summed E-state index contributed by atoms with van der Waals surface area (Å²) < 4.78 is 21.7. The molecule has 254 valence electrons. The van der Waals surface area contributed by atoms with Crippen LogP contribution < -0.4 is 16.0 Å². The molecule has 3 aliphatic carbocycles. The van der Waals surface area contributed by atoms with Crippen LogP contribution in [0.3, 0.4) is 0 Å². The lowest BCUT2D eigenvalue weighted by Gasteiger charge is -2.49. The maximum absolute atomic E-state index is 13.6. The van der Waals surface area contributed by atoms with Crippen LogP contribution in [0.2, 0.25) is 0 Å². The normalized spacial score (nSPS) is 22.9. The van der Waals surface area contributed by atoms with Crippen molar-refractivity contribution in [3.05, 3.63) is 205 Å². The first-order valence-electron chi connectivity index (χ1n) is 17.5. The zero-order valence-electron chi connectivity index (χ0n) is 28.4. The fourth-order valence-electron chi connectivity index (χ4n) is 9.25. The standard InChI is InChI=1S/C44H38N2O5/c1-27-25-46(43(48)45-41(27)47)42-40-38-34-19-11-9-17-32(34)37(33-18-10-12-20-35(33)38)39(40)36(51-42)26-50-44(28-13-5-3-6-14-28,29-15-7-4-8-16-29)30-21-23-31(49-2)24-22-30/h3-25,36-40,42H,26H2,1-2H3,(H,45,47,48)/t36-,37?,38?,39+,40-,42-/m1/s1. The monoisotopic (exact) mass is 674 g/mol. The lowest BCUT2D eigenvalue weighted by molar-refractivity contribution is -0.0872. The van der Waals surface area contributed by atoms with Gasteiger partial charge in [0, 0.05) is 35.4 Å². The summed E-state index contributed by atoms with van der Waals surface area (Å²) in [4.78, 5) is 28.6. The van der Waals surface area contributed by atoms with Gasteiger partial charge in [-0.2, -0.15) is 0 Å². The Labute approximate surface area is 296 Å². The van der Waals surface area contributed by atoms with Crippen molar-refractivity contribution in [2.75, 3.05) is 13.7 Å². The molecule has 1 N–H and O–H groups in total. The van der Waals surface area contributed by atoms with E-state index < -0.39 is 23.6 Å². The van der Waals surface area contributed by atoms with Gasteiger partial charge in [0.15, 0.2) is 0 Å². The van der Waals surface area contributed by atoms with Gasteiger partial charge in [0.25, 0.3) is 5.56 Å². The Kier molecular flexibility index (Phi) is 7.64. The molecule has 0 radical (unpaired) electrons. The van der Waals surface area contributed by atoms with Gasteiger partial charge in [0.2, 0.25) is 0 Å². The zero-order valence-corrected chi connectivity index (χ0v) is 28.4. The van der Waals surface area contributed by atoms with E-state index in [9.17, 15) is 9.59 Å². The first kappa shape index (κ1) is 31.5. The number of aromatic nitrogens is 2. The van der Waals surface area contributed by atoms with E-state index in [-0.39, 0.29) is 35.8 Å². The number of nitrogens with zero attached hydrogens (tertiary/aromatic N) is 1. The van der Waals surface area contributed by atoms with Crippen LogP contribution in [0.1, 0.15) is 62.6 Å². The Balaban J connectivity index is 1.22. The first-order chi connectivity index (χ1) is 25.0. The van der Waals surface area contributed by atoms with E-state index in [2.05, 4.69) is 89.9 Å². The lowest BCUT2D eigenvalue weighted by atomic mass is 9.53. The molecule has 4 aliphatic rings. The van der Waals surface area contributed by atoms with E-state index in [1.165, 1.54) is 22.3 Å². The van der Waals surface area contributed by atoms with E-state index >= 15 is 0 Å². The molecule has 6 aromatic rings. The minimum Gasteiger partial charge on any atom is -0.497 e. The molecule has 0 amide bonds. The Morgan fingerprint density at radius 3 is 1.69 bits per heavy atom. The molecule has 10 rings (SSSR count). The zero-order chi connectivity index (χ0) is 34.7. The second-order valence-corrected chi connectivity index (χ2v) is 13.9. The number of ether oxygens (including phenoxy) is 3. The van der Waals surface area contributed by atoms with E-state index in [1.807, 2.05) is 48.5 Å². The summed E-state index contributed by atoms with van der Waals surface area (Å²) in [5.74, 6) is 0.700. The topological polar surface area (TPSA) is 82.6 Å². The molecule has 1 saturated heterocycles. The van der Waals surface area contributed by atoms with Gasteiger partial charge in [-0.25, -0.2) is 4.79 Å². The van der Waals surface area contributed by atoms with Gasteiger partial charge in [0.1, 0.15) is 17.6 Å². The molecule has 1 fully saturated rings. The number of benzene rings is 5. The highest BCUT2D eigenvalue weighted by atomic mass is 16.6. The van der Waals surface area contributed by atoms with Crippen molar-refractivity contribution < 1.29 is 14.2 Å². The minimum absolute atomic E-state index is 0.00359. The molecule has 7 nitrogen and oxygen atoms in total. The van der Waals surface area contributed by atoms with Crippen molar-refractivity contribution in [2.24, 2.45) is 11.8 Å². The van der Waals surface area contributed by atoms with E-state index in [4.69, 9.17) is 14.2 Å². The van der Waals surface area contributed by atoms with Gasteiger partial charge in [-0.1, -0.05) is 121 Å². The summed E-state index contributed by atoms with van der Waals surface area (Å²) in [6.07, 6.45) is 0.644. The van der Waals surface area contributed by atoms with E-state index in [0.29, 0.717) is 5.56 Å². The van der Waals surface area contributed by atoms with Crippen molar-refractivity contribution in [1.82, 2.24) is 9.55 Å². The SMILES string of the molecule is COc1ccc(C(OC[C@H]2O[C@@H](n3cc(C)c(=O)[nH]c3=O)[C@@H]3C4c5ccccc5C(c5ccccc54)[C@@H]32)(c2ccccc2)c2ccccc2)cc1. The van der Waals surface area contributed by atoms with Crippen molar-refractivity contribution in [3.63, 3.8) is 0 Å². The van der Waals surface area contributed by atoms with E-state index in [0.717, 1.165) is 22.4 Å². The number of hydrogen-bond acceptors (Lipinski definition) is 5. The van der Waals surface area contributed by atoms with E-state index in [1.54, 1.807) is 24.8 Å². The number of nitrogens with one attached hydrogen (secondary N) is 1. The third-order valence-corrected chi connectivity index (χ3v) is 11.4. The number of methoxy groups -OCH3 is 1. The Morgan fingerprint density at radius 2 is 1.16 bits per heavy atom. The largest absolute Gasteiger partial charge is 0.497 e. The molecule has 51 heavy (non-hydrogen) atoms. The van der Waals surface area contributed by atoms with Crippen molar-refractivity contribution >= 4 is 0 Å². The van der Waals surface area contributed by atoms with Crippen LogP contribution >= 0.6 is 0 Å². The first-order valence-corrected chi connectivity index (χ1v) is 17.5. The average molecular weight is 675 g/mol. The van der Waals surface area contributed by atoms with Crippen LogP contribution in [-0.2, 0) is 15.1 Å². The third-order valence-electron chi connectivity index (χ3n) is 11.4. The fraction of sp³-hybridized carbons (Fsp3) is 0.227. The molecule has 0 spiro atoms. The van der Waals surface area contributed by atoms with Gasteiger partial charge in [-0.05, 0) is 58.0 Å². The molecule has 0 saturated carbocycles. The van der Waals surface area contributed by atoms with Gasteiger partial charge in [0.05, 0.1) is 19.8 Å². The second kappa shape index (κ2) is 12.4. The summed E-state index contributed by atoms with van der Waals surface area (Å²) in [6, 6.07) is 46.1. The number of aromatic amines is 1. The van der Waals surface area contributed by atoms with Crippen LogP contribution in [0.4, 0.5) is 0 Å². The molecule has 7 heteroatoms. The van der Waals surface area contributed by atoms with Gasteiger partial charge >= 0.3 is 5.69 Å². The molecular formula is C44H38N2O5. The fourth-order valence-corrected chi connectivity index (χ4v) is 9.25. The summed E-state index contributed by atoms with van der Waals surface area (Å²) in [5.41, 5.74) is 6.69. The molecule has 1 aromatic heterocycles. The summed E-state index contributed by atoms with van der Waals surface area (Å²) in [6.45, 7) is 1.97. The van der Waals surface area contributed by atoms with Gasteiger partial charge in [-0.3, -0.25) is 14.3 Å². The Hall–Kier alpha value is -5.50. The summed E-state index contributed by atoms with van der Waals surface area (Å²) in [5, 5.41) is 0. The van der Waals surface area contributed by atoms with Crippen LogP contribution in [0.5, 0.6) is 5.75 Å². The van der Waals surface area contributed by atoms with Crippen molar-refractivity contribution in [3.8, 4) is 5.75 Å². The summed E-state index contributed by atoms with van der Waals surface area (Å²) >= 11 is 0. The predicted octanol–water partition coefficient (Wildman–Crippen LogP) is 7.28. The number of hydrogen-bond donors (Lipinski definition) is 1. The molecule has 2 heterocycles. The van der Waals surface area contributed by atoms with Crippen LogP contribution in [0.25, 0.3) is 0 Å². The van der Waals surface area contributed by atoms with Crippen LogP contribution in [-0.4, -0.2) is 29.4 Å².